The van der Waals surface area contributed by atoms with Crippen LogP contribution in [0.5, 0.6) is 0 Å². The van der Waals surface area contributed by atoms with E-state index in [4.69, 9.17) is 0 Å². The van der Waals surface area contributed by atoms with Crippen LogP contribution in [-0.4, -0.2) is 35.0 Å². The van der Waals surface area contributed by atoms with Gasteiger partial charge in [0.05, 0.1) is 18.2 Å². The van der Waals surface area contributed by atoms with Crippen molar-refractivity contribution in [2.24, 2.45) is 0 Å². The van der Waals surface area contributed by atoms with Gasteiger partial charge >= 0.3 is 0 Å². The molecular weight excluding hydrogens is 423 g/mol. The number of nitrogens with zero attached hydrogens (tertiary/aromatic N) is 1. The molecule has 2 aliphatic rings. The van der Waals surface area contributed by atoms with E-state index in [1.807, 2.05) is 12.1 Å². The molecule has 3 unspecified atom stereocenters. The molecule has 0 amide bonds. The van der Waals surface area contributed by atoms with Crippen LogP contribution in [0.25, 0.3) is 0 Å². The molecule has 1 radical (unpaired) electrons. The van der Waals surface area contributed by atoms with Gasteiger partial charge in [0.25, 0.3) is 0 Å². The molecule has 0 bridgehead atoms. The van der Waals surface area contributed by atoms with Crippen LogP contribution in [0.2, 0.25) is 0 Å². The Labute approximate surface area is 194 Å². The molecule has 1 saturated carbocycles. The molecule has 2 N–H and O–H groups in total. The second-order valence-corrected chi connectivity index (χ2v) is 8.19. The van der Waals surface area contributed by atoms with Gasteiger partial charge in [0.15, 0.2) is 0 Å². The fourth-order valence-corrected chi connectivity index (χ4v) is 4.73. The minimum Gasteiger partial charge on any atom is -0.392 e. The van der Waals surface area contributed by atoms with Crippen LogP contribution in [0.15, 0.2) is 48.5 Å². The van der Waals surface area contributed by atoms with E-state index in [1.54, 1.807) is 0 Å². The van der Waals surface area contributed by atoms with Crippen molar-refractivity contribution in [3.05, 3.63) is 65.7 Å². The molecule has 3 atom stereocenters. The van der Waals surface area contributed by atoms with Gasteiger partial charge in [-0.3, -0.25) is 0 Å². The van der Waals surface area contributed by atoms with Crippen molar-refractivity contribution in [2.45, 2.75) is 69.1 Å². The molecule has 147 valence electrons. The molecule has 0 spiro atoms. The topological polar surface area (TPSA) is 43.7 Å². The Kier molecular flexibility index (Phi) is 7.36. The number of aryl methyl sites for hydroxylation is 1. The number of hydrogen-bond acceptors (Lipinski definition) is 3. The third kappa shape index (κ3) is 4.38. The predicted octanol–water partition coefficient (Wildman–Crippen LogP) is 3.86. The molecule has 2 fully saturated rings. The first-order valence-electron chi connectivity index (χ1n) is 10.3. The Morgan fingerprint density at radius 3 is 2.43 bits per heavy atom. The first-order valence-corrected chi connectivity index (χ1v) is 10.3. The van der Waals surface area contributed by atoms with Crippen molar-refractivity contribution in [1.29, 1.82) is 0 Å². The minimum absolute atomic E-state index is 0. The zero-order valence-corrected chi connectivity index (χ0v) is 19.6. The Hall–Kier alpha value is -0.736. The van der Waals surface area contributed by atoms with Gasteiger partial charge in [0.2, 0.25) is 0 Å². The Bertz CT molecular complexity index is 745. The monoisotopic (exact) mass is 453 g/mol. The molecule has 4 rings (SSSR count). The molecule has 0 aromatic heterocycles. The third-order valence-corrected chi connectivity index (χ3v) is 6.61. The van der Waals surface area contributed by atoms with Crippen LogP contribution in [0, 0.1) is 6.07 Å². The second-order valence-electron chi connectivity index (χ2n) is 8.19. The predicted molar refractivity (Wildman–Crippen MR) is 109 cm³/mol. The quantitative estimate of drug-likeness (QED) is 0.626. The maximum Gasteiger partial charge on any atom is 0.0760 e. The van der Waals surface area contributed by atoms with Gasteiger partial charge in [-0.1, -0.05) is 19.1 Å². The first kappa shape index (κ1) is 22.0. The molecule has 1 saturated heterocycles. The summed E-state index contributed by atoms with van der Waals surface area (Å²) >= 11 is 0. The Morgan fingerprint density at radius 2 is 1.82 bits per heavy atom. The minimum atomic E-state index is -0.267. The summed E-state index contributed by atoms with van der Waals surface area (Å²) in [7, 11) is 0. The van der Waals surface area contributed by atoms with Crippen LogP contribution < -0.4 is 4.90 Å². The number of anilines is 1. The summed E-state index contributed by atoms with van der Waals surface area (Å²) in [6, 6.07) is 20.1. The number of rotatable bonds is 7. The molecule has 2 aromatic carbocycles. The molecule has 1 aliphatic heterocycles. The zero-order valence-electron chi connectivity index (χ0n) is 16.7. The fourth-order valence-electron chi connectivity index (χ4n) is 4.73. The third-order valence-electron chi connectivity index (χ3n) is 6.61. The molecular formula is C24H30NO2Y-. The second kappa shape index (κ2) is 9.38. The number of benzene rings is 2. The van der Waals surface area contributed by atoms with Gasteiger partial charge in [-0.2, -0.15) is 35.9 Å². The smallest absolute Gasteiger partial charge is 0.0760 e. The summed E-state index contributed by atoms with van der Waals surface area (Å²) in [6.45, 7) is 2.95. The van der Waals surface area contributed by atoms with Crippen molar-refractivity contribution in [3.63, 3.8) is 0 Å². The van der Waals surface area contributed by atoms with Crippen LogP contribution in [-0.2, 0) is 44.5 Å². The molecule has 3 nitrogen and oxygen atoms in total. The van der Waals surface area contributed by atoms with E-state index in [0.717, 1.165) is 45.1 Å². The molecule has 1 heterocycles. The van der Waals surface area contributed by atoms with Gasteiger partial charge in [-0.05, 0) is 56.2 Å². The van der Waals surface area contributed by atoms with Gasteiger partial charge in [-0.15, -0.1) is 0 Å². The van der Waals surface area contributed by atoms with E-state index in [1.165, 1.54) is 16.8 Å². The maximum atomic E-state index is 10.5. The van der Waals surface area contributed by atoms with Crippen LogP contribution in [0.1, 0.15) is 50.2 Å². The van der Waals surface area contributed by atoms with Gasteiger partial charge in [0.1, 0.15) is 0 Å². The molecule has 4 heteroatoms. The van der Waals surface area contributed by atoms with E-state index in [0.29, 0.717) is 0 Å². The Morgan fingerprint density at radius 1 is 1.14 bits per heavy atom. The van der Waals surface area contributed by atoms with Crippen LogP contribution in [0.4, 0.5) is 5.69 Å². The van der Waals surface area contributed by atoms with Gasteiger partial charge in [0, 0.05) is 50.4 Å². The van der Waals surface area contributed by atoms with Crippen molar-refractivity contribution in [3.8, 4) is 0 Å². The van der Waals surface area contributed by atoms with Gasteiger partial charge < -0.3 is 15.1 Å². The average Bonchev–Trinajstić information content (AvgIpc) is 3.45. The van der Waals surface area contributed by atoms with Crippen molar-refractivity contribution >= 4 is 5.69 Å². The number of aliphatic hydroxyl groups is 2. The average molecular weight is 453 g/mol. The zero-order chi connectivity index (χ0) is 18.9. The van der Waals surface area contributed by atoms with Gasteiger partial charge in [-0.25, -0.2) is 0 Å². The standard InChI is InChI=1S/C24H30NO2.Y/c1-2-23(27)24(15-16-24)19-9-11-20(12-10-19)25-17-14-22(26)21(25)13-8-18-6-4-3-5-7-18;/h4-7,9-12,21-23,26-27H,2,8,13-17H2,1H3;/q-1;. The largest absolute Gasteiger partial charge is 0.392 e. The van der Waals surface area contributed by atoms with E-state index in [9.17, 15) is 10.2 Å². The summed E-state index contributed by atoms with van der Waals surface area (Å²) in [5.41, 5.74) is 3.73. The first-order chi connectivity index (χ1) is 13.1. The van der Waals surface area contributed by atoms with E-state index in [-0.39, 0.29) is 56.4 Å². The van der Waals surface area contributed by atoms with Crippen molar-refractivity contribution in [1.82, 2.24) is 0 Å². The SMILES string of the molecule is CCC(O)C1(c2ccc(N3CCC(O)C3CCc3cc[c-]cc3)cc2)CC1.[Y]. The van der Waals surface area contributed by atoms with E-state index in [2.05, 4.69) is 54.3 Å². The summed E-state index contributed by atoms with van der Waals surface area (Å²) in [5, 5.41) is 20.9. The summed E-state index contributed by atoms with van der Waals surface area (Å²) in [6.07, 6.45) is 5.21. The van der Waals surface area contributed by atoms with Crippen LogP contribution >= 0.6 is 0 Å². The van der Waals surface area contributed by atoms with E-state index < -0.39 is 0 Å². The molecule has 1 aliphatic carbocycles. The normalized spacial score (nSPS) is 23.9. The number of aliphatic hydroxyl groups excluding tert-OH is 2. The Balaban J connectivity index is 0.00000225. The number of hydrogen-bond donors (Lipinski definition) is 2. The summed E-state index contributed by atoms with van der Waals surface area (Å²) in [5.74, 6) is 0. The maximum absolute atomic E-state index is 10.5. The van der Waals surface area contributed by atoms with Crippen LogP contribution in [0.3, 0.4) is 0 Å². The van der Waals surface area contributed by atoms with E-state index >= 15 is 0 Å². The summed E-state index contributed by atoms with van der Waals surface area (Å²) < 4.78 is 0. The molecule has 28 heavy (non-hydrogen) atoms. The summed E-state index contributed by atoms with van der Waals surface area (Å²) in [4.78, 5) is 2.36. The van der Waals surface area contributed by atoms with Crippen molar-refractivity contribution in [2.75, 3.05) is 11.4 Å². The fraction of sp³-hybridized carbons (Fsp3) is 0.500. The molecule has 2 aromatic rings. The van der Waals surface area contributed by atoms with Crippen molar-refractivity contribution < 1.29 is 42.9 Å².